The van der Waals surface area contributed by atoms with Crippen LogP contribution in [0.3, 0.4) is 0 Å². The van der Waals surface area contributed by atoms with Crippen molar-refractivity contribution >= 4 is 23.9 Å². The summed E-state index contributed by atoms with van der Waals surface area (Å²) in [5.74, 6) is 2.57. The van der Waals surface area contributed by atoms with Crippen molar-refractivity contribution in [2.24, 2.45) is 5.10 Å². The Balaban J connectivity index is 1.54. The van der Waals surface area contributed by atoms with E-state index in [-0.39, 0.29) is 17.1 Å². The molecule has 0 saturated carbocycles. The van der Waals surface area contributed by atoms with E-state index >= 15 is 0 Å². The fourth-order valence-corrected chi connectivity index (χ4v) is 4.94. The summed E-state index contributed by atoms with van der Waals surface area (Å²) in [4.78, 5) is 12.7. The maximum Gasteiger partial charge on any atom is 0.250 e. The van der Waals surface area contributed by atoms with Crippen LogP contribution < -0.4 is 24.4 Å². The summed E-state index contributed by atoms with van der Waals surface area (Å²) in [6, 6.07) is 19.4. The van der Waals surface area contributed by atoms with Gasteiger partial charge in [-0.1, -0.05) is 56.8 Å². The lowest BCUT2D eigenvalue weighted by molar-refractivity contribution is -0.118. The van der Waals surface area contributed by atoms with Crippen molar-refractivity contribution in [1.29, 1.82) is 0 Å². The second-order valence-corrected chi connectivity index (χ2v) is 11.1. The van der Waals surface area contributed by atoms with Crippen LogP contribution in [0.25, 0.3) is 17.1 Å². The zero-order chi connectivity index (χ0) is 30.3. The van der Waals surface area contributed by atoms with Crippen LogP contribution in [0.4, 0.5) is 0 Å². The summed E-state index contributed by atoms with van der Waals surface area (Å²) in [7, 11) is 6.22. The Hall–Kier alpha value is -4.51. The van der Waals surface area contributed by atoms with Crippen molar-refractivity contribution in [2.45, 2.75) is 31.3 Å². The number of hydrogen-bond donors (Lipinski definition) is 1. The Morgan fingerprint density at radius 2 is 1.57 bits per heavy atom. The van der Waals surface area contributed by atoms with Crippen LogP contribution in [0.1, 0.15) is 31.9 Å². The van der Waals surface area contributed by atoms with Gasteiger partial charge in [0.15, 0.2) is 22.5 Å². The monoisotopic (exact) mass is 589 g/mol. The molecular formula is C31H35N5O5S. The van der Waals surface area contributed by atoms with E-state index in [9.17, 15) is 4.79 Å². The summed E-state index contributed by atoms with van der Waals surface area (Å²) >= 11 is 1.26. The molecule has 1 aromatic heterocycles. The van der Waals surface area contributed by atoms with Gasteiger partial charge in [-0.15, -0.1) is 10.2 Å². The number of benzene rings is 3. The molecule has 42 heavy (non-hydrogen) atoms. The van der Waals surface area contributed by atoms with Gasteiger partial charge < -0.3 is 18.9 Å². The summed E-state index contributed by atoms with van der Waals surface area (Å²) in [5.41, 5.74) is 6.19. The van der Waals surface area contributed by atoms with E-state index in [1.807, 2.05) is 41.0 Å². The van der Waals surface area contributed by atoms with Crippen LogP contribution in [0, 0.1) is 0 Å². The Morgan fingerprint density at radius 3 is 2.17 bits per heavy atom. The van der Waals surface area contributed by atoms with Gasteiger partial charge in [-0.3, -0.25) is 9.36 Å². The van der Waals surface area contributed by atoms with E-state index in [4.69, 9.17) is 18.9 Å². The number of hydrazone groups is 1. The van der Waals surface area contributed by atoms with E-state index in [2.05, 4.69) is 53.6 Å². The minimum Gasteiger partial charge on any atom is -0.497 e. The third kappa shape index (κ3) is 6.85. The van der Waals surface area contributed by atoms with Gasteiger partial charge in [0.05, 0.1) is 40.4 Å². The number of thioether (sulfide) groups is 1. The molecule has 0 radical (unpaired) electrons. The molecule has 220 valence electrons. The molecular weight excluding hydrogens is 554 g/mol. The first-order valence-electron chi connectivity index (χ1n) is 13.1. The van der Waals surface area contributed by atoms with Crippen molar-refractivity contribution < 1.29 is 23.7 Å². The number of aromatic nitrogens is 3. The van der Waals surface area contributed by atoms with E-state index in [1.165, 1.54) is 37.8 Å². The van der Waals surface area contributed by atoms with Gasteiger partial charge in [0.25, 0.3) is 5.91 Å². The number of carbonyl (C=O) groups is 1. The van der Waals surface area contributed by atoms with Crippen LogP contribution in [0.5, 0.6) is 23.0 Å². The number of amides is 1. The smallest absolute Gasteiger partial charge is 0.250 e. The molecule has 0 aliphatic rings. The Kier molecular flexibility index (Phi) is 9.74. The fraction of sp³-hybridized carbons (Fsp3) is 0.290. The molecule has 0 bridgehead atoms. The van der Waals surface area contributed by atoms with E-state index in [0.717, 1.165) is 17.0 Å². The Labute approximate surface area is 250 Å². The van der Waals surface area contributed by atoms with Gasteiger partial charge in [0.1, 0.15) is 5.75 Å². The van der Waals surface area contributed by atoms with Crippen LogP contribution in [-0.4, -0.2) is 61.1 Å². The van der Waals surface area contributed by atoms with Crippen molar-refractivity contribution in [3.63, 3.8) is 0 Å². The zero-order valence-corrected chi connectivity index (χ0v) is 25.6. The molecule has 1 heterocycles. The highest BCUT2D eigenvalue weighted by atomic mass is 32.2. The Morgan fingerprint density at radius 1 is 0.881 bits per heavy atom. The minimum absolute atomic E-state index is 0.0314. The number of nitrogens with one attached hydrogen (secondary N) is 1. The van der Waals surface area contributed by atoms with Crippen molar-refractivity contribution in [3.05, 3.63) is 71.8 Å². The second-order valence-electron chi connectivity index (χ2n) is 10.2. The van der Waals surface area contributed by atoms with Crippen LogP contribution >= 0.6 is 11.8 Å². The third-order valence-corrected chi connectivity index (χ3v) is 7.36. The lowest BCUT2D eigenvalue weighted by atomic mass is 9.87. The first kappa shape index (κ1) is 30.4. The Bertz CT molecular complexity index is 1540. The van der Waals surface area contributed by atoms with Crippen molar-refractivity contribution in [1.82, 2.24) is 20.2 Å². The quantitative estimate of drug-likeness (QED) is 0.139. The van der Waals surface area contributed by atoms with Crippen molar-refractivity contribution in [3.8, 4) is 40.1 Å². The molecule has 3 aromatic carbocycles. The molecule has 4 rings (SSSR count). The van der Waals surface area contributed by atoms with Gasteiger partial charge in [-0.2, -0.15) is 5.10 Å². The predicted octanol–water partition coefficient (Wildman–Crippen LogP) is 5.51. The zero-order valence-electron chi connectivity index (χ0n) is 24.8. The van der Waals surface area contributed by atoms with Gasteiger partial charge >= 0.3 is 0 Å². The van der Waals surface area contributed by atoms with Gasteiger partial charge in [-0.05, 0) is 47.4 Å². The first-order valence-corrected chi connectivity index (χ1v) is 14.1. The van der Waals surface area contributed by atoms with E-state index in [1.54, 1.807) is 26.4 Å². The summed E-state index contributed by atoms with van der Waals surface area (Å²) in [5, 5.41) is 13.6. The van der Waals surface area contributed by atoms with Gasteiger partial charge in [-0.25, -0.2) is 5.43 Å². The first-order chi connectivity index (χ1) is 20.2. The third-order valence-electron chi connectivity index (χ3n) is 6.43. The maximum atomic E-state index is 12.7. The summed E-state index contributed by atoms with van der Waals surface area (Å²) in [6.45, 7) is 6.53. The number of ether oxygens (including phenoxy) is 4. The molecule has 0 fully saturated rings. The highest BCUT2D eigenvalue weighted by Crippen LogP contribution is 2.39. The summed E-state index contributed by atoms with van der Waals surface area (Å²) < 4.78 is 23.4. The summed E-state index contributed by atoms with van der Waals surface area (Å²) in [6.07, 6.45) is 1.49. The van der Waals surface area contributed by atoms with Gasteiger partial charge in [0, 0.05) is 16.8 Å². The molecule has 10 nitrogen and oxygen atoms in total. The standard InChI is InChI=1S/C31H35N5O5S/c1-31(2,3)22-11-8-20(9-12-22)29-34-35-30(36(29)23-13-15-24(38-4)16-14-23)42-19-26(37)33-32-18-21-10-17-25(39-5)28(41-7)27(21)40-6/h8-18H,19H2,1-7H3,(H,33,37). The maximum absolute atomic E-state index is 12.7. The molecule has 11 heteroatoms. The topological polar surface area (TPSA) is 109 Å². The average molecular weight is 590 g/mol. The molecule has 0 aliphatic carbocycles. The van der Waals surface area contributed by atoms with Gasteiger partial charge in [0.2, 0.25) is 5.75 Å². The molecule has 0 saturated heterocycles. The van der Waals surface area contributed by atoms with Crippen molar-refractivity contribution in [2.75, 3.05) is 34.2 Å². The lowest BCUT2D eigenvalue weighted by Crippen LogP contribution is -2.20. The van der Waals surface area contributed by atoms with Crippen LogP contribution in [-0.2, 0) is 10.2 Å². The van der Waals surface area contributed by atoms with Crippen LogP contribution in [0.2, 0.25) is 0 Å². The SMILES string of the molecule is COc1ccc(-n2c(SCC(=O)NN=Cc3ccc(OC)c(OC)c3OC)nnc2-c2ccc(C(C)(C)C)cc2)cc1. The predicted molar refractivity (Wildman–Crippen MR) is 165 cm³/mol. The molecule has 1 N–H and O–H groups in total. The number of carbonyl (C=O) groups excluding carboxylic acids is 1. The fourth-order valence-electron chi connectivity index (χ4n) is 4.20. The van der Waals surface area contributed by atoms with Crippen LogP contribution in [0.15, 0.2) is 70.9 Å². The lowest BCUT2D eigenvalue weighted by Gasteiger charge is -2.19. The molecule has 0 unspecified atom stereocenters. The molecule has 0 spiro atoms. The molecule has 1 amide bonds. The average Bonchev–Trinajstić information content (AvgIpc) is 3.43. The minimum atomic E-state index is -0.309. The number of methoxy groups -OCH3 is 4. The highest BCUT2D eigenvalue weighted by molar-refractivity contribution is 7.99. The molecule has 0 aliphatic heterocycles. The molecule has 0 atom stereocenters. The second kappa shape index (κ2) is 13.4. The normalized spacial score (nSPS) is 11.4. The number of hydrogen-bond acceptors (Lipinski definition) is 9. The van der Waals surface area contributed by atoms with E-state index < -0.39 is 0 Å². The number of rotatable bonds is 11. The number of nitrogens with zero attached hydrogens (tertiary/aromatic N) is 4. The molecule has 4 aromatic rings. The largest absolute Gasteiger partial charge is 0.497 e. The highest BCUT2D eigenvalue weighted by Gasteiger charge is 2.19. The van der Waals surface area contributed by atoms with E-state index in [0.29, 0.717) is 33.8 Å².